The Morgan fingerprint density at radius 1 is 1.33 bits per heavy atom. The molecule has 0 radical (unpaired) electrons. The quantitative estimate of drug-likeness (QED) is 0.926. The number of benzene rings is 1. The summed E-state index contributed by atoms with van der Waals surface area (Å²) in [6.45, 7) is 0.251. The highest BCUT2D eigenvalue weighted by Gasteiger charge is 2.13. The van der Waals surface area contributed by atoms with Gasteiger partial charge in [-0.05, 0) is 24.3 Å². The van der Waals surface area contributed by atoms with E-state index in [-0.39, 0.29) is 11.6 Å². The first kappa shape index (κ1) is 12.8. The average Bonchev–Trinajstić information content (AvgIpc) is 2.41. The van der Waals surface area contributed by atoms with Crippen LogP contribution in [0.5, 0.6) is 5.75 Å². The van der Waals surface area contributed by atoms with Gasteiger partial charge in [0.1, 0.15) is 11.6 Å². The Hall–Kier alpha value is -1.65. The van der Waals surface area contributed by atoms with Crippen molar-refractivity contribution in [1.29, 1.82) is 0 Å². The summed E-state index contributed by atoms with van der Waals surface area (Å²) in [5.74, 6) is -0.149. The first-order valence-corrected chi connectivity index (χ1v) is 5.81. The molecule has 2 rings (SSSR count). The van der Waals surface area contributed by atoms with Crippen molar-refractivity contribution in [3.05, 3.63) is 59.1 Å². The molecule has 5 heteroatoms. The lowest BCUT2D eigenvalue weighted by molar-refractivity contribution is 0.208. The summed E-state index contributed by atoms with van der Waals surface area (Å²) in [5, 5.41) is 0.0597. The second-order valence-corrected chi connectivity index (χ2v) is 4.08. The number of hydrogen-bond donors (Lipinski definition) is 1. The molecule has 0 aliphatic heterocycles. The molecule has 0 bridgehead atoms. The maximum absolute atomic E-state index is 13.3. The van der Waals surface area contributed by atoms with Crippen molar-refractivity contribution in [3.8, 4) is 5.75 Å². The summed E-state index contributed by atoms with van der Waals surface area (Å²) >= 11 is 5.60. The predicted molar refractivity (Wildman–Crippen MR) is 68.1 cm³/mol. The zero-order chi connectivity index (χ0) is 13.0. The molecule has 1 atom stereocenters. The molecule has 94 valence electrons. The minimum atomic E-state index is -0.522. The number of nitrogens with zero attached hydrogens (tertiary/aromatic N) is 1. The van der Waals surface area contributed by atoms with Gasteiger partial charge in [-0.15, -0.1) is 0 Å². The molecule has 0 amide bonds. The third-order valence-corrected chi connectivity index (χ3v) is 2.71. The third kappa shape index (κ3) is 2.97. The lowest BCUT2D eigenvalue weighted by Crippen LogP contribution is -2.19. The van der Waals surface area contributed by atoms with Gasteiger partial charge in [-0.25, -0.2) is 4.39 Å². The highest BCUT2D eigenvalue weighted by molar-refractivity contribution is 6.30. The fourth-order valence-electron chi connectivity index (χ4n) is 1.51. The van der Waals surface area contributed by atoms with Crippen LogP contribution in [0.4, 0.5) is 4.39 Å². The molecule has 1 heterocycles. The Bertz CT molecular complexity index is 522. The molecule has 2 aromatic rings. The van der Waals surface area contributed by atoms with Gasteiger partial charge in [0.05, 0.1) is 10.7 Å². The highest BCUT2D eigenvalue weighted by Crippen LogP contribution is 2.24. The van der Waals surface area contributed by atoms with Crippen LogP contribution >= 0.6 is 11.6 Å². The number of halogens is 2. The van der Waals surface area contributed by atoms with E-state index < -0.39 is 11.9 Å². The smallest absolute Gasteiger partial charge is 0.153 e. The minimum absolute atomic E-state index is 0.0597. The van der Waals surface area contributed by atoms with Gasteiger partial charge in [0, 0.05) is 18.8 Å². The normalized spacial score (nSPS) is 12.2. The van der Waals surface area contributed by atoms with Gasteiger partial charge in [0.2, 0.25) is 0 Å². The Kier molecular flexibility index (Phi) is 4.12. The molecular weight excluding hydrogens is 255 g/mol. The van der Waals surface area contributed by atoms with E-state index in [1.807, 2.05) is 12.1 Å². The SMILES string of the molecule is NCC(Oc1ccc(Cl)c(F)c1)c1ccccn1. The fourth-order valence-corrected chi connectivity index (χ4v) is 1.63. The maximum Gasteiger partial charge on any atom is 0.153 e. The summed E-state index contributed by atoms with van der Waals surface area (Å²) < 4.78 is 18.9. The van der Waals surface area contributed by atoms with Crippen LogP contribution in [0.1, 0.15) is 11.8 Å². The van der Waals surface area contributed by atoms with Crippen molar-refractivity contribution >= 4 is 11.6 Å². The average molecular weight is 267 g/mol. The van der Waals surface area contributed by atoms with E-state index in [4.69, 9.17) is 22.1 Å². The number of hydrogen-bond acceptors (Lipinski definition) is 3. The molecular formula is C13H12ClFN2O. The second kappa shape index (κ2) is 5.80. The molecule has 1 unspecified atom stereocenters. The number of pyridine rings is 1. The van der Waals surface area contributed by atoms with E-state index in [1.165, 1.54) is 12.1 Å². The first-order valence-electron chi connectivity index (χ1n) is 5.43. The van der Waals surface area contributed by atoms with Crippen LogP contribution in [0.15, 0.2) is 42.6 Å². The Balaban J connectivity index is 2.18. The van der Waals surface area contributed by atoms with E-state index in [2.05, 4.69) is 4.98 Å². The molecule has 3 nitrogen and oxygen atoms in total. The van der Waals surface area contributed by atoms with Gasteiger partial charge in [-0.3, -0.25) is 4.98 Å². The molecule has 0 saturated heterocycles. The maximum atomic E-state index is 13.3. The van der Waals surface area contributed by atoms with Crippen LogP contribution in [-0.4, -0.2) is 11.5 Å². The second-order valence-electron chi connectivity index (χ2n) is 3.67. The van der Waals surface area contributed by atoms with Crippen LogP contribution < -0.4 is 10.5 Å². The van der Waals surface area contributed by atoms with Gasteiger partial charge in [0.25, 0.3) is 0 Å². The van der Waals surface area contributed by atoms with Crippen molar-refractivity contribution in [2.45, 2.75) is 6.10 Å². The summed E-state index contributed by atoms with van der Waals surface area (Å²) in [6, 6.07) is 9.73. The van der Waals surface area contributed by atoms with E-state index >= 15 is 0 Å². The molecule has 0 saturated carbocycles. The summed E-state index contributed by atoms with van der Waals surface area (Å²) in [7, 11) is 0. The van der Waals surface area contributed by atoms with Crippen LogP contribution in [0.25, 0.3) is 0 Å². The van der Waals surface area contributed by atoms with Gasteiger partial charge in [0.15, 0.2) is 6.10 Å². The molecule has 0 aliphatic carbocycles. The highest BCUT2D eigenvalue weighted by atomic mass is 35.5. The lowest BCUT2D eigenvalue weighted by Gasteiger charge is -2.16. The van der Waals surface area contributed by atoms with Crippen molar-refractivity contribution in [3.63, 3.8) is 0 Å². The van der Waals surface area contributed by atoms with Crippen molar-refractivity contribution in [1.82, 2.24) is 4.98 Å². The van der Waals surface area contributed by atoms with Crippen LogP contribution in [0.3, 0.4) is 0 Å². The van der Waals surface area contributed by atoms with Crippen LogP contribution in [0.2, 0.25) is 5.02 Å². The standard InChI is InChI=1S/C13H12ClFN2O/c14-10-5-4-9(7-11(10)15)18-13(8-16)12-3-1-2-6-17-12/h1-7,13H,8,16H2. The minimum Gasteiger partial charge on any atom is -0.483 e. The van der Waals surface area contributed by atoms with E-state index in [1.54, 1.807) is 18.3 Å². The van der Waals surface area contributed by atoms with E-state index in [0.29, 0.717) is 11.4 Å². The van der Waals surface area contributed by atoms with Crippen molar-refractivity contribution in [2.24, 2.45) is 5.73 Å². The zero-order valence-electron chi connectivity index (χ0n) is 9.51. The number of rotatable bonds is 4. The van der Waals surface area contributed by atoms with Gasteiger partial charge >= 0.3 is 0 Å². The molecule has 1 aromatic heterocycles. The molecule has 18 heavy (non-hydrogen) atoms. The van der Waals surface area contributed by atoms with Crippen LogP contribution in [0, 0.1) is 5.82 Å². The Labute approximate surface area is 109 Å². The Morgan fingerprint density at radius 2 is 2.17 bits per heavy atom. The third-order valence-electron chi connectivity index (χ3n) is 2.40. The molecule has 0 spiro atoms. The zero-order valence-corrected chi connectivity index (χ0v) is 10.3. The van der Waals surface area contributed by atoms with Gasteiger partial charge in [-0.1, -0.05) is 17.7 Å². The number of aromatic nitrogens is 1. The monoisotopic (exact) mass is 266 g/mol. The number of nitrogens with two attached hydrogens (primary N) is 1. The molecule has 2 N–H and O–H groups in total. The fraction of sp³-hybridized carbons (Fsp3) is 0.154. The summed E-state index contributed by atoms with van der Waals surface area (Å²) in [6.07, 6.45) is 1.25. The largest absolute Gasteiger partial charge is 0.483 e. The van der Waals surface area contributed by atoms with Gasteiger partial charge < -0.3 is 10.5 Å². The van der Waals surface area contributed by atoms with Crippen LogP contribution in [-0.2, 0) is 0 Å². The van der Waals surface area contributed by atoms with E-state index in [9.17, 15) is 4.39 Å². The predicted octanol–water partition coefficient (Wildman–Crippen LogP) is 2.95. The van der Waals surface area contributed by atoms with Gasteiger partial charge in [-0.2, -0.15) is 0 Å². The van der Waals surface area contributed by atoms with Crippen molar-refractivity contribution in [2.75, 3.05) is 6.54 Å². The summed E-state index contributed by atoms with van der Waals surface area (Å²) in [5.41, 5.74) is 6.34. The topological polar surface area (TPSA) is 48.1 Å². The van der Waals surface area contributed by atoms with Crippen molar-refractivity contribution < 1.29 is 9.13 Å². The molecule has 0 aliphatic rings. The molecule has 0 fully saturated rings. The first-order chi connectivity index (χ1) is 8.70. The summed E-state index contributed by atoms with van der Waals surface area (Å²) in [4.78, 5) is 4.16. The van der Waals surface area contributed by atoms with E-state index in [0.717, 1.165) is 0 Å². The molecule has 1 aromatic carbocycles. The number of ether oxygens (including phenoxy) is 1. The Morgan fingerprint density at radius 3 is 2.78 bits per heavy atom. The lowest BCUT2D eigenvalue weighted by atomic mass is 10.2.